The van der Waals surface area contributed by atoms with Gasteiger partial charge in [-0.1, -0.05) is 23.3 Å². The SMILES string of the molecule is Cc1ccccc1NN=C=O. The van der Waals surface area contributed by atoms with Crippen LogP contribution in [0.25, 0.3) is 0 Å². The number of para-hydroxylation sites is 1. The van der Waals surface area contributed by atoms with Crippen LogP contribution in [0.2, 0.25) is 0 Å². The van der Waals surface area contributed by atoms with Crippen molar-refractivity contribution in [3.05, 3.63) is 29.8 Å². The molecule has 0 bridgehead atoms. The quantitative estimate of drug-likeness (QED) is 0.393. The summed E-state index contributed by atoms with van der Waals surface area (Å²) in [5, 5.41) is 3.25. The Morgan fingerprint density at radius 1 is 1.45 bits per heavy atom. The summed E-state index contributed by atoms with van der Waals surface area (Å²) in [6.45, 7) is 1.93. The third-order valence-electron chi connectivity index (χ3n) is 1.37. The zero-order valence-corrected chi connectivity index (χ0v) is 6.16. The Morgan fingerprint density at radius 3 is 2.82 bits per heavy atom. The van der Waals surface area contributed by atoms with Gasteiger partial charge in [-0.3, -0.25) is 5.43 Å². The molecule has 0 fully saturated rings. The maximum atomic E-state index is 9.74. The molecule has 0 saturated carbocycles. The third-order valence-corrected chi connectivity index (χ3v) is 1.37. The van der Waals surface area contributed by atoms with Crippen molar-refractivity contribution in [2.75, 3.05) is 5.43 Å². The zero-order chi connectivity index (χ0) is 8.10. The maximum Gasteiger partial charge on any atom is 0.258 e. The van der Waals surface area contributed by atoms with Crippen LogP contribution in [0.4, 0.5) is 5.69 Å². The van der Waals surface area contributed by atoms with E-state index in [1.165, 1.54) is 6.08 Å². The van der Waals surface area contributed by atoms with Crippen molar-refractivity contribution < 1.29 is 4.79 Å². The van der Waals surface area contributed by atoms with Crippen molar-refractivity contribution in [3.63, 3.8) is 0 Å². The molecule has 3 nitrogen and oxygen atoms in total. The highest BCUT2D eigenvalue weighted by Crippen LogP contribution is 2.12. The van der Waals surface area contributed by atoms with Crippen LogP contribution in [0.15, 0.2) is 29.4 Å². The van der Waals surface area contributed by atoms with Gasteiger partial charge >= 0.3 is 0 Å². The van der Waals surface area contributed by atoms with Crippen molar-refractivity contribution in [1.82, 2.24) is 0 Å². The fraction of sp³-hybridized carbons (Fsp3) is 0.125. The highest BCUT2D eigenvalue weighted by Gasteiger charge is 1.91. The zero-order valence-electron chi connectivity index (χ0n) is 6.16. The Morgan fingerprint density at radius 2 is 2.18 bits per heavy atom. The predicted molar refractivity (Wildman–Crippen MR) is 42.9 cm³/mol. The minimum atomic E-state index is 0.829. The molecule has 0 aliphatic rings. The van der Waals surface area contributed by atoms with E-state index < -0.39 is 0 Å². The molecule has 3 heteroatoms. The molecular formula is C8H8N2O. The van der Waals surface area contributed by atoms with Crippen LogP contribution in [0.3, 0.4) is 0 Å². The molecule has 0 atom stereocenters. The number of nitrogens with one attached hydrogen (secondary N) is 1. The number of rotatable bonds is 2. The standard InChI is InChI=1S/C8H8N2O/c1-7-4-2-3-5-8(7)10-9-6-11/h2-5,10H,1H3. The molecule has 1 aromatic carbocycles. The highest BCUT2D eigenvalue weighted by atomic mass is 16.1. The summed E-state index contributed by atoms with van der Waals surface area (Å²) in [6, 6.07) is 7.57. The van der Waals surface area contributed by atoms with Crippen molar-refractivity contribution in [2.24, 2.45) is 5.10 Å². The first-order valence-corrected chi connectivity index (χ1v) is 3.23. The Kier molecular flexibility index (Phi) is 2.42. The number of hydrogen-bond acceptors (Lipinski definition) is 3. The molecule has 0 unspecified atom stereocenters. The lowest BCUT2D eigenvalue weighted by Crippen LogP contribution is -1.89. The minimum absolute atomic E-state index is 0.829. The molecule has 0 radical (unpaired) electrons. The summed E-state index contributed by atoms with van der Waals surface area (Å²) in [4.78, 5) is 9.74. The molecule has 1 N–H and O–H groups in total. The van der Waals surface area contributed by atoms with Crippen LogP contribution in [0, 0.1) is 6.92 Å². The first-order chi connectivity index (χ1) is 5.34. The molecular weight excluding hydrogens is 140 g/mol. The summed E-state index contributed by atoms with van der Waals surface area (Å²) in [7, 11) is 0. The van der Waals surface area contributed by atoms with Gasteiger partial charge in [0, 0.05) is 0 Å². The number of nitrogens with zero attached hydrogens (tertiary/aromatic N) is 1. The third kappa shape index (κ3) is 1.92. The summed E-state index contributed by atoms with van der Waals surface area (Å²) in [5.74, 6) is 0. The van der Waals surface area contributed by atoms with Crippen molar-refractivity contribution in [3.8, 4) is 0 Å². The largest absolute Gasteiger partial charge is 0.267 e. The summed E-state index contributed by atoms with van der Waals surface area (Å²) >= 11 is 0. The van der Waals surface area contributed by atoms with Gasteiger partial charge in [0.25, 0.3) is 6.08 Å². The number of aryl methyl sites for hydroxylation is 1. The van der Waals surface area contributed by atoms with Gasteiger partial charge in [0.2, 0.25) is 0 Å². The minimum Gasteiger partial charge on any atom is -0.267 e. The summed E-state index contributed by atoms with van der Waals surface area (Å²) < 4.78 is 0. The lowest BCUT2D eigenvalue weighted by Gasteiger charge is -2.00. The van der Waals surface area contributed by atoms with Gasteiger partial charge < -0.3 is 0 Å². The van der Waals surface area contributed by atoms with E-state index in [1.54, 1.807) is 0 Å². The van der Waals surface area contributed by atoms with Gasteiger partial charge in [-0.25, -0.2) is 4.79 Å². The number of carbonyl (C=O) groups excluding carboxylic acids is 1. The summed E-state index contributed by atoms with van der Waals surface area (Å²) in [6.07, 6.45) is 1.41. The predicted octanol–water partition coefficient (Wildman–Crippen LogP) is 1.66. The average molecular weight is 148 g/mol. The lowest BCUT2D eigenvalue weighted by atomic mass is 10.2. The molecule has 56 valence electrons. The number of anilines is 1. The Hall–Kier alpha value is -1.60. The van der Waals surface area contributed by atoms with E-state index in [0.29, 0.717) is 0 Å². The Labute approximate surface area is 64.7 Å². The number of hydrazone groups is 1. The molecule has 0 spiro atoms. The van der Waals surface area contributed by atoms with Crippen LogP contribution in [0.5, 0.6) is 0 Å². The normalized spacial score (nSPS) is 8.45. The molecule has 0 aliphatic carbocycles. The van der Waals surface area contributed by atoms with E-state index in [0.717, 1.165) is 11.3 Å². The smallest absolute Gasteiger partial charge is 0.258 e. The van der Waals surface area contributed by atoms with E-state index in [9.17, 15) is 4.79 Å². The van der Waals surface area contributed by atoms with E-state index in [4.69, 9.17) is 0 Å². The Bertz CT molecular complexity index is 290. The average Bonchev–Trinajstić information content (AvgIpc) is 2.03. The van der Waals surface area contributed by atoms with Crippen LogP contribution < -0.4 is 5.43 Å². The highest BCUT2D eigenvalue weighted by molar-refractivity contribution is 5.51. The molecule has 0 aliphatic heterocycles. The van der Waals surface area contributed by atoms with Gasteiger partial charge in [0.1, 0.15) is 0 Å². The fourth-order valence-corrected chi connectivity index (χ4v) is 0.781. The monoisotopic (exact) mass is 148 g/mol. The second-order valence-electron chi connectivity index (χ2n) is 2.13. The van der Waals surface area contributed by atoms with Crippen molar-refractivity contribution in [1.29, 1.82) is 0 Å². The van der Waals surface area contributed by atoms with Crippen molar-refractivity contribution in [2.45, 2.75) is 6.92 Å². The lowest BCUT2D eigenvalue weighted by molar-refractivity contribution is 0.564. The van der Waals surface area contributed by atoms with Crippen molar-refractivity contribution >= 4 is 11.8 Å². The molecule has 0 aromatic heterocycles. The topological polar surface area (TPSA) is 41.5 Å². The molecule has 1 aromatic rings. The number of isocyanates is 1. The fourth-order valence-electron chi connectivity index (χ4n) is 0.781. The second-order valence-corrected chi connectivity index (χ2v) is 2.13. The molecule has 1 rings (SSSR count). The molecule has 0 heterocycles. The number of benzene rings is 1. The molecule has 0 amide bonds. The van der Waals surface area contributed by atoms with Gasteiger partial charge in [-0.15, -0.1) is 0 Å². The first-order valence-electron chi connectivity index (χ1n) is 3.23. The first kappa shape index (κ1) is 7.51. The van der Waals surface area contributed by atoms with E-state index >= 15 is 0 Å². The van der Waals surface area contributed by atoms with Gasteiger partial charge in [0.05, 0.1) is 5.69 Å². The van der Waals surface area contributed by atoms with Gasteiger partial charge in [0.15, 0.2) is 0 Å². The van der Waals surface area contributed by atoms with Crippen LogP contribution in [-0.4, -0.2) is 6.08 Å². The summed E-state index contributed by atoms with van der Waals surface area (Å²) in [5.41, 5.74) is 4.44. The molecule has 11 heavy (non-hydrogen) atoms. The van der Waals surface area contributed by atoms with Crippen LogP contribution >= 0.6 is 0 Å². The molecule has 0 saturated heterocycles. The van der Waals surface area contributed by atoms with Crippen LogP contribution in [-0.2, 0) is 4.79 Å². The van der Waals surface area contributed by atoms with E-state index in [-0.39, 0.29) is 0 Å². The van der Waals surface area contributed by atoms with Crippen LogP contribution in [0.1, 0.15) is 5.56 Å². The second kappa shape index (κ2) is 3.54. The van der Waals surface area contributed by atoms with Gasteiger partial charge in [-0.05, 0) is 18.6 Å². The van der Waals surface area contributed by atoms with E-state index in [2.05, 4.69) is 10.5 Å². The number of hydrogen-bond donors (Lipinski definition) is 1. The Balaban J connectivity index is 2.85. The maximum absolute atomic E-state index is 9.74. The van der Waals surface area contributed by atoms with E-state index in [1.807, 2.05) is 31.2 Å². The van der Waals surface area contributed by atoms with Gasteiger partial charge in [-0.2, -0.15) is 0 Å².